The number of carboxylic acids is 2. The molecule has 0 atom stereocenters. The van der Waals surface area contributed by atoms with E-state index in [-0.39, 0.29) is 50.6 Å². The van der Waals surface area contributed by atoms with Gasteiger partial charge in [0.15, 0.2) is 0 Å². The summed E-state index contributed by atoms with van der Waals surface area (Å²) in [4.78, 5) is 20.1. The molecule has 0 amide bonds. The molecule has 0 saturated carbocycles. The van der Waals surface area contributed by atoms with Crippen molar-refractivity contribution in [3.63, 3.8) is 0 Å². The summed E-state index contributed by atoms with van der Waals surface area (Å²) < 4.78 is 0. The van der Waals surface area contributed by atoms with Crippen molar-refractivity contribution in [2.75, 3.05) is 0 Å². The van der Waals surface area contributed by atoms with Crippen molar-refractivity contribution in [1.82, 2.24) is 0 Å². The van der Waals surface area contributed by atoms with Crippen molar-refractivity contribution < 1.29 is 19.8 Å². The second kappa shape index (κ2) is 13.1. The number of aryl methyl sites for hydroxylation is 2. The van der Waals surface area contributed by atoms with Gasteiger partial charge in [0, 0.05) is 11.9 Å². The molecular formula is C18H18CaO4. The van der Waals surface area contributed by atoms with Gasteiger partial charge in [-0.05, 0) is 36.8 Å². The number of hydrogen-bond acceptors (Lipinski definition) is 4. The topological polar surface area (TPSA) is 80.3 Å². The van der Waals surface area contributed by atoms with E-state index in [4.69, 9.17) is 0 Å². The summed E-state index contributed by atoms with van der Waals surface area (Å²) in [5, 5.41) is 20.1. The van der Waals surface area contributed by atoms with Crippen molar-refractivity contribution >= 4 is 49.7 Å². The maximum absolute atomic E-state index is 10.1. The Morgan fingerprint density at radius 2 is 0.957 bits per heavy atom. The van der Waals surface area contributed by atoms with Crippen LogP contribution in [0.3, 0.4) is 0 Å². The average molecular weight is 338 g/mol. The molecule has 0 bridgehead atoms. The summed E-state index contributed by atoms with van der Waals surface area (Å²) in [6, 6.07) is 19.0. The molecule has 5 heteroatoms. The summed E-state index contributed by atoms with van der Waals surface area (Å²) in [5.41, 5.74) is 2.08. The predicted molar refractivity (Wildman–Crippen MR) is 85.3 cm³/mol. The fraction of sp³-hybridized carbons (Fsp3) is 0.222. The van der Waals surface area contributed by atoms with Crippen molar-refractivity contribution in [3.05, 3.63) is 71.8 Å². The van der Waals surface area contributed by atoms with Gasteiger partial charge in [-0.15, -0.1) is 0 Å². The first-order valence-corrected chi connectivity index (χ1v) is 7.05. The Morgan fingerprint density at radius 1 is 0.652 bits per heavy atom. The number of carbonyl (C=O) groups is 2. The zero-order valence-electron chi connectivity index (χ0n) is 12.9. The number of rotatable bonds is 6. The molecule has 116 valence electrons. The number of aliphatic carboxylic acids is 2. The molecule has 23 heavy (non-hydrogen) atoms. The zero-order valence-corrected chi connectivity index (χ0v) is 15.2. The van der Waals surface area contributed by atoms with Crippen LogP contribution in [0.1, 0.15) is 24.0 Å². The molecule has 0 spiro atoms. The Morgan fingerprint density at radius 3 is 1.22 bits per heavy atom. The largest absolute Gasteiger partial charge is 2.00 e. The van der Waals surface area contributed by atoms with Crippen molar-refractivity contribution in [1.29, 1.82) is 0 Å². The molecule has 0 aliphatic carbocycles. The van der Waals surface area contributed by atoms with Crippen molar-refractivity contribution in [3.8, 4) is 0 Å². The van der Waals surface area contributed by atoms with Crippen LogP contribution in [0.25, 0.3) is 0 Å². The van der Waals surface area contributed by atoms with E-state index in [1.165, 1.54) is 0 Å². The first-order chi connectivity index (χ1) is 10.6. The molecule has 0 saturated heterocycles. The monoisotopic (exact) mass is 338 g/mol. The van der Waals surface area contributed by atoms with Gasteiger partial charge in [0.1, 0.15) is 0 Å². The van der Waals surface area contributed by atoms with Crippen LogP contribution in [0.5, 0.6) is 0 Å². The van der Waals surface area contributed by atoms with E-state index in [9.17, 15) is 19.8 Å². The first-order valence-electron chi connectivity index (χ1n) is 7.05. The maximum atomic E-state index is 10.1. The van der Waals surface area contributed by atoms with Crippen LogP contribution in [0.15, 0.2) is 60.7 Å². The normalized spacial score (nSPS) is 9.04. The van der Waals surface area contributed by atoms with E-state index in [0.29, 0.717) is 12.8 Å². The van der Waals surface area contributed by atoms with Gasteiger partial charge in [-0.1, -0.05) is 60.7 Å². The Hall–Kier alpha value is -1.36. The molecule has 0 fully saturated rings. The van der Waals surface area contributed by atoms with Crippen LogP contribution in [0.2, 0.25) is 0 Å². The van der Waals surface area contributed by atoms with E-state index >= 15 is 0 Å². The van der Waals surface area contributed by atoms with E-state index in [0.717, 1.165) is 11.1 Å². The molecule has 0 radical (unpaired) electrons. The minimum Gasteiger partial charge on any atom is -0.550 e. The summed E-state index contributed by atoms with van der Waals surface area (Å²) in [6.07, 6.45) is 1.32. The molecule has 0 unspecified atom stereocenters. The number of carboxylic acid groups (broad SMARTS) is 2. The zero-order chi connectivity index (χ0) is 16.2. The van der Waals surface area contributed by atoms with Gasteiger partial charge in [0.05, 0.1) is 0 Å². The molecule has 2 aromatic carbocycles. The van der Waals surface area contributed by atoms with Gasteiger partial charge in [-0.2, -0.15) is 0 Å². The fourth-order valence-corrected chi connectivity index (χ4v) is 1.78. The Bertz CT molecular complexity index is 517. The van der Waals surface area contributed by atoms with E-state index in [2.05, 4.69) is 0 Å². The molecule has 0 aromatic heterocycles. The van der Waals surface area contributed by atoms with Crippen LogP contribution >= 0.6 is 0 Å². The van der Waals surface area contributed by atoms with Gasteiger partial charge in [-0.25, -0.2) is 0 Å². The van der Waals surface area contributed by atoms with Gasteiger partial charge >= 0.3 is 37.7 Å². The third-order valence-electron chi connectivity index (χ3n) is 2.92. The molecule has 0 aliphatic rings. The third kappa shape index (κ3) is 11.8. The van der Waals surface area contributed by atoms with Crippen LogP contribution in [-0.4, -0.2) is 49.7 Å². The second-order valence-corrected chi connectivity index (χ2v) is 4.72. The molecule has 4 nitrogen and oxygen atoms in total. The van der Waals surface area contributed by atoms with E-state index in [1.807, 2.05) is 60.7 Å². The van der Waals surface area contributed by atoms with Gasteiger partial charge in [0.25, 0.3) is 0 Å². The molecule has 2 rings (SSSR count). The summed E-state index contributed by atoms with van der Waals surface area (Å²) >= 11 is 0. The standard InChI is InChI=1S/2C9H10O2.Ca/c2*10-9(11)7-6-8-4-2-1-3-5-8;/h2*1-5H,6-7H2,(H,10,11);/q;;+2/p-2. The van der Waals surface area contributed by atoms with Crippen LogP contribution in [0, 0.1) is 0 Å². The Kier molecular flexibility index (Phi) is 12.3. The summed E-state index contributed by atoms with van der Waals surface area (Å²) in [5.74, 6) is -1.98. The van der Waals surface area contributed by atoms with Crippen LogP contribution < -0.4 is 10.2 Å². The van der Waals surface area contributed by atoms with Gasteiger partial charge in [0.2, 0.25) is 0 Å². The first kappa shape index (κ1) is 21.6. The third-order valence-corrected chi connectivity index (χ3v) is 2.92. The number of carbonyl (C=O) groups excluding carboxylic acids is 2. The smallest absolute Gasteiger partial charge is 0.550 e. The predicted octanol–water partition coefficient (Wildman–Crippen LogP) is 0.357. The van der Waals surface area contributed by atoms with E-state index in [1.54, 1.807) is 0 Å². The molecular weight excluding hydrogens is 320 g/mol. The second-order valence-electron chi connectivity index (χ2n) is 4.72. The molecule has 0 aliphatic heterocycles. The molecule has 0 N–H and O–H groups in total. The minimum absolute atomic E-state index is 0. The van der Waals surface area contributed by atoms with Gasteiger partial charge in [-0.3, -0.25) is 0 Å². The Labute approximate surface area is 166 Å². The van der Waals surface area contributed by atoms with Crippen molar-refractivity contribution in [2.24, 2.45) is 0 Å². The van der Waals surface area contributed by atoms with Crippen LogP contribution in [-0.2, 0) is 22.4 Å². The quantitative estimate of drug-likeness (QED) is 0.712. The van der Waals surface area contributed by atoms with Crippen molar-refractivity contribution in [2.45, 2.75) is 25.7 Å². The number of benzene rings is 2. The summed E-state index contributed by atoms with van der Waals surface area (Å²) in [6.45, 7) is 0. The fourth-order valence-electron chi connectivity index (χ4n) is 1.78. The minimum atomic E-state index is -0.992. The van der Waals surface area contributed by atoms with Crippen LogP contribution in [0.4, 0.5) is 0 Å². The maximum Gasteiger partial charge on any atom is 2.00 e. The number of hydrogen-bond donors (Lipinski definition) is 0. The Balaban J connectivity index is 0.000000403. The SMILES string of the molecule is O=C([O-])CCc1ccccc1.O=C([O-])CCc1ccccc1.[Ca+2]. The van der Waals surface area contributed by atoms with Gasteiger partial charge < -0.3 is 19.8 Å². The molecule has 2 aromatic rings. The average Bonchev–Trinajstić information content (AvgIpc) is 2.53. The van der Waals surface area contributed by atoms with E-state index < -0.39 is 11.9 Å². The molecule has 0 heterocycles. The summed E-state index contributed by atoms with van der Waals surface area (Å²) in [7, 11) is 0.